The van der Waals surface area contributed by atoms with Crippen molar-refractivity contribution in [3.05, 3.63) is 54.4 Å². The number of hydrogen-bond donors (Lipinski definition) is 0. The van der Waals surface area contributed by atoms with Gasteiger partial charge in [-0.2, -0.15) is 0 Å². The predicted octanol–water partition coefficient (Wildman–Crippen LogP) is 3.45. The van der Waals surface area contributed by atoms with Crippen molar-refractivity contribution < 1.29 is 9.47 Å². The van der Waals surface area contributed by atoms with Crippen molar-refractivity contribution in [3.63, 3.8) is 0 Å². The molecule has 4 heteroatoms. The van der Waals surface area contributed by atoms with Crippen molar-refractivity contribution in [3.8, 4) is 29.4 Å². The van der Waals surface area contributed by atoms with Gasteiger partial charge in [-0.25, -0.2) is 9.97 Å². The maximum atomic E-state index is 5.95. The maximum Gasteiger partial charge on any atom is 0.124 e. The Morgan fingerprint density at radius 2 is 2.12 bits per heavy atom. The number of rotatable bonds is 3. The number of aromatic nitrogens is 2. The molecule has 2 aromatic carbocycles. The van der Waals surface area contributed by atoms with Gasteiger partial charge in [0, 0.05) is 29.0 Å². The Labute approximate surface area is 140 Å². The Morgan fingerprint density at radius 1 is 1.17 bits per heavy atom. The zero-order valence-electron chi connectivity index (χ0n) is 13.1. The molecular formula is C20H16N2O2. The normalized spacial score (nSPS) is 16.9. The summed E-state index contributed by atoms with van der Waals surface area (Å²) in [5.74, 6) is 3.46. The molecule has 2 heterocycles. The van der Waals surface area contributed by atoms with Gasteiger partial charge in [0.25, 0.3) is 0 Å². The molecule has 0 spiro atoms. The van der Waals surface area contributed by atoms with E-state index in [1.165, 1.54) is 0 Å². The Kier molecular flexibility index (Phi) is 3.86. The first kappa shape index (κ1) is 14.7. The lowest BCUT2D eigenvalue weighted by molar-refractivity contribution is 0.141. The second kappa shape index (κ2) is 6.31. The molecule has 0 radical (unpaired) electrons. The van der Waals surface area contributed by atoms with Crippen LogP contribution in [0.25, 0.3) is 22.2 Å². The summed E-state index contributed by atoms with van der Waals surface area (Å²) in [5, 5.41) is 0.974. The summed E-state index contributed by atoms with van der Waals surface area (Å²) < 4.78 is 11.3. The molecule has 0 aliphatic carbocycles. The van der Waals surface area contributed by atoms with Gasteiger partial charge in [0.05, 0.1) is 24.4 Å². The van der Waals surface area contributed by atoms with Crippen molar-refractivity contribution in [1.29, 1.82) is 0 Å². The van der Waals surface area contributed by atoms with Crippen molar-refractivity contribution in [1.82, 2.24) is 9.97 Å². The number of benzene rings is 2. The van der Waals surface area contributed by atoms with Crippen LogP contribution in [0.1, 0.15) is 12.0 Å². The van der Waals surface area contributed by atoms with Crippen LogP contribution in [0.2, 0.25) is 0 Å². The average Bonchev–Trinajstić information content (AvgIpc) is 3.14. The van der Waals surface area contributed by atoms with E-state index >= 15 is 0 Å². The van der Waals surface area contributed by atoms with E-state index in [9.17, 15) is 0 Å². The molecule has 0 amide bonds. The summed E-state index contributed by atoms with van der Waals surface area (Å²) in [6.45, 7) is 1.40. The number of ether oxygens (including phenoxy) is 2. The van der Waals surface area contributed by atoms with Crippen LogP contribution in [0.5, 0.6) is 5.75 Å². The first-order valence-electron chi connectivity index (χ1n) is 7.90. The fourth-order valence-electron chi connectivity index (χ4n) is 2.89. The number of hydrogen-bond acceptors (Lipinski definition) is 4. The van der Waals surface area contributed by atoms with E-state index in [1.54, 1.807) is 6.33 Å². The highest BCUT2D eigenvalue weighted by atomic mass is 16.5. The van der Waals surface area contributed by atoms with E-state index in [1.807, 2.05) is 42.5 Å². The zero-order valence-corrected chi connectivity index (χ0v) is 13.1. The van der Waals surface area contributed by atoms with Crippen LogP contribution >= 0.6 is 0 Å². The van der Waals surface area contributed by atoms with E-state index in [4.69, 9.17) is 15.9 Å². The minimum atomic E-state index is 0.121. The number of terminal acetylenes is 1. The standard InChI is InChI=1S/C20H16N2O2/c1-2-14-4-3-5-15(10-14)20-18-7-6-16(11-19(18)21-13-22-20)24-17-8-9-23-12-17/h1,3-7,10-11,13,17H,8-9,12H2. The molecule has 3 aromatic rings. The molecule has 1 unspecified atom stereocenters. The van der Waals surface area contributed by atoms with Gasteiger partial charge in [-0.3, -0.25) is 0 Å². The molecule has 4 rings (SSSR count). The molecule has 24 heavy (non-hydrogen) atoms. The topological polar surface area (TPSA) is 44.2 Å². The average molecular weight is 316 g/mol. The third kappa shape index (κ3) is 2.82. The predicted molar refractivity (Wildman–Crippen MR) is 92.8 cm³/mol. The highest BCUT2D eigenvalue weighted by Gasteiger charge is 2.17. The molecule has 0 saturated carbocycles. The molecule has 118 valence electrons. The first-order chi connectivity index (χ1) is 11.8. The fourth-order valence-corrected chi connectivity index (χ4v) is 2.89. The van der Waals surface area contributed by atoms with Crippen molar-refractivity contribution in [2.75, 3.05) is 13.2 Å². The Balaban J connectivity index is 1.73. The maximum absolute atomic E-state index is 5.95. The molecule has 4 nitrogen and oxygen atoms in total. The summed E-state index contributed by atoms with van der Waals surface area (Å²) in [5.41, 5.74) is 3.53. The zero-order chi connectivity index (χ0) is 16.4. The molecule has 1 aromatic heterocycles. The van der Waals surface area contributed by atoms with Crippen LogP contribution in [0.3, 0.4) is 0 Å². The minimum absolute atomic E-state index is 0.121. The van der Waals surface area contributed by atoms with Crippen LogP contribution in [-0.2, 0) is 4.74 Å². The van der Waals surface area contributed by atoms with Crippen molar-refractivity contribution >= 4 is 10.9 Å². The SMILES string of the molecule is C#Cc1cccc(-c2ncnc3cc(OC4CCOC4)ccc23)c1. The molecule has 0 N–H and O–H groups in total. The van der Waals surface area contributed by atoms with Crippen molar-refractivity contribution in [2.24, 2.45) is 0 Å². The number of nitrogens with zero attached hydrogens (tertiary/aromatic N) is 2. The second-order valence-corrected chi connectivity index (χ2v) is 5.73. The summed E-state index contributed by atoms with van der Waals surface area (Å²) in [7, 11) is 0. The van der Waals surface area contributed by atoms with Gasteiger partial charge in [-0.05, 0) is 24.3 Å². The van der Waals surface area contributed by atoms with Crippen LogP contribution < -0.4 is 4.74 Å². The van der Waals surface area contributed by atoms with Gasteiger partial charge < -0.3 is 9.47 Å². The summed E-state index contributed by atoms with van der Waals surface area (Å²) in [6, 6.07) is 13.7. The highest BCUT2D eigenvalue weighted by Crippen LogP contribution is 2.29. The Bertz CT molecular complexity index is 924. The van der Waals surface area contributed by atoms with Gasteiger partial charge in [0.2, 0.25) is 0 Å². The lowest BCUT2D eigenvalue weighted by atomic mass is 10.0. The largest absolute Gasteiger partial charge is 0.488 e. The smallest absolute Gasteiger partial charge is 0.124 e. The van der Waals surface area contributed by atoms with E-state index in [-0.39, 0.29) is 6.10 Å². The van der Waals surface area contributed by atoms with E-state index in [0.717, 1.165) is 46.5 Å². The van der Waals surface area contributed by atoms with Crippen molar-refractivity contribution in [2.45, 2.75) is 12.5 Å². The molecule has 1 atom stereocenters. The third-order valence-corrected chi connectivity index (χ3v) is 4.10. The lowest BCUT2D eigenvalue weighted by Gasteiger charge is -2.13. The van der Waals surface area contributed by atoms with Crippen LogP contribution in [0.15, 0.2) is 48.8 Å². The molecular weight excluding hydrogens is 300 g/mol. The summed E-state index contributed by atoms with van der Waals surface area (Å²) >= 11 is 0. The Morgan fingerprint density at radius 3 is 2.96 bits per heavy atom. The van der Waals surface area contributed by atoms with E-state index in [0.29, 0.717) is 6.61 Å². The monoisotopic (exact) mass is 316 g/mol. The van der Waals surface area contributed by atoms with Gasteiger partial charge in [-0.1, -0.05) is 18.1 Å². The van der Waals surface area contributed by atoms with Crippen LogP contribution in [0.4, 0.5) is 0 Å². The van der Waals surface area contributed by atoms with Gasteiger partial charge in [0.15, 0.2) is 0 Å². The van der Waals surface area contributed by atoms with Crippen LogP contribution in [0, 0.1) is 12.3 Å². The van der Waals surface area contributed by atoms with Gasteiger partial charge in [0.1, 0.15) is 18.2 Å². The van der Waals surface area contributed by atoms with Crippen LogP contribution in [-0.4, -0.2) is 29.3 Å². The lowest BCUT2D eigenvalue weighted by Crippen LogP contribution is -2.15. The fraction of sp³-hybridized carbons (Fsp3) is 0.200. The summed E-state index contributed by atoms with van der Waals surface area (Å²) in [4.78, 5) is 8.83. The van der Waals surface area contributed by atoms with E-state index < -0.39 is 0 Å². The second-order valence-electron chi connectivity index (χ2n) is 5.73. The van der Waals surface area contributed by atoms with Gasteiger partial charge >= 0.3 is 0 Å². The van der Waals surface area contributed by atoms with E-state index in [2.05, 4.69) is 15.9 Å². The van der Waals surface area contributed by atoms with Gasteiger partial charge in [-0.15, -0.1) is 6.42 Å². The molecule has 1 saturated heterocycles. The number of fused-ring (bicyclic) bond motifs is 1. The minimum Gasteiger partial charge on any atom is -0.488 e. The molecule has 1 fully saturated rings. The molecule has 0 bridgehead atoms. The third-order valence-electron chi connectivity index (χ3n) is 4.10. The molecule has 1 aliphatic heterocycles. The quantitative estimate of drug-likeness (QED) is 0.694. The highest BCUT2D eigenvalue weighted by molar-refractivity contribution is 5.92. The molecule has 1 aliphatic rings. The Hall–Kier alpha value is -2.90. The summed E-state index contributed by atoms with van der Waals surface area (Å²) in [6.07, 6.45) is 8.11. The first-order valence-corrected chi connectivity index (χ1v) is 7.90.